The van der Waals surface area contributed by atoms with E-state index < -0.39 is 13.9 Å². The van der Waals surface area contributed by atoms with Gasteiger partial charge in [-0.1, -0.05) is 146 Å². The number of hydrogen-bond acceptors (Lipinski definition) is 7. The van der Waals surface area contributed by atoms with Gasteiger partial charge in [-0.3, -0.25) is 9.36 Å². The standard InChI is InChI=1S/C45H84NO7P/c1-6-8-10-12-14-16-18-20-22-23-25-27-29-31-33-35-37-40-50-42-44(43-52-54(48,49)51-41-39-46(3,4)5)53-45(47)38-36-34-32-30-28-26-24-21-19-17-15-13-11-9-7-2/h9,11,15,17,21-24,44H,6-8,10,12-14,16,18-20,25-43H2,1-5H3/b11-9-,17-15-,23-22-,24-21-. The van der Waals surface area contributed by atoms with E-state index in [0.29, 0.717) is 24.1 Å². The van der Waals surface area contributed by atoms with Gasteiger partial charge in [-0.05, 0) is 70.6 Å². The summed E-state index contributed by atoms with van der Waals surface area (Å²) in [6, 6.07) is 0. The van der Waals surface area contributed by atoms with Crippen molar-refractivity contribution >= 4 is 13.8 Å². The molecule has 0 aliphatic heterocycles. The molecular formula is C45H84NO7P. The zero-order valence-electron chi connectivity index (χ0n) is 35.7. The van der Waals surface area contributed by atoms with E-state index in [-0.39, 0.29) is 25.8 Å². The molecule has 0 radical (unpaired) electrons. The van der Waals surface area contributed by atoms with Gasteiger partial charge in [-0.2, -0.15) is 0 Å². The summed E-state index contributed by atoms with van der Waals surface area (Å²) in [5.41, 5.74) is 0. The molecule has 0 aromatic rings. The Kier molecular flexibility index (Phi) is 37.2. The number of likely N-dealkylation sites (N-methyl/N-ethyl adjacent to an activating group) is 1. The number of quaternary nitrogens is 1. The van der Waals surface area contributed by atoms with Crippen LogP contribution in [0.2, 0.25) is 0 Å². The molecule has 0 aliphatic carbocycles. The van der Waals surface area contributed by atoms with Crippen LogP contribution in [0.3, 0.4) is 0 Å². The number of esters is 1. The Balaban J connectivity index is 4.27. The molecule has 2 unspecified atom stereocenters. The summed E-state index contributed by atoms with van der Waals surface area (Å²) >= 11 is 0. The molecule has 0 rings (SSSR count). The number of ether oxygens (including phenoxy) is 2. The zero-order valence-corrected chi connectivity index (χ0v) is 36.6. The minimum absolute atomic E-state index is 0.0199. The highest BCUT2D eigenvalue weighted by Crippen LogP contribution is 2.38. The quantitative estimate of drug-likeness (QED) is 0.0201. The first-order valence-corrected chi connectivity index (χ1v) is 23.3. The van der Waals surface area contributed by atoms with Gasteiger partial charge in [0.15, 0.2) is 0 Å². The maximum atomic E-state index is 12.7. The van der Waals surface area contributed by atoms with Crippen molar-refractivity contribution in [2.45, 2.75) is 180 Å². The van der Waals surface area contributed by atoms with E-state index in [9.17, 15) is 14.3 Å². The van der Waals surface area contributed by atoms with Gasteiger partial charge in [-0.15, -0.1) is 0 Å². The lowest BCUT2D eigenvalue weighted by Crippen LogP contribution is -2.37. The summed E-state index contributed by atoms with van der Waals surface area (Å²) in [6.45, 7) is 5.26. The van der Waals surface area contributed by atoms with Crippen molar-refractivity contribution < 1.29 is 37.3 Å². The maximum Gasteiger partial charge on any atom is 0.306 e. The molecule has 2 atom stereocenters. The van der Waals surface area contributed by atoms with Crippen molar-refractivity contribution in [2.75, 3.05) is 54.1 Å². The second kappa shape index (κ2) is 38.3. The van der Waals surface area contributed by atoms with Crippen LogP contribution in [0.1, 0.15) is 174 Å². The van der Waals surface area contributed by atoms with Crippen LogP contribution >= 0.6 is 7.82 Å². The van der Waals surface area contributed by atoms with Crippen LogP contribution in [0.4, 0.5) is 0 Å². The van der Waals surface area contributed by atoms with Crippen LogP contribution in [-0.4, -0.2) is 70.7 Å². The molecule has 8 nitrogen and oxygen atoms in total. The molecular weight excluding hydrogens is 697 g/mol. The molecule has 0 saturated carbocycles. The van der Waals surface area contributed by atoms with Crippen molar-refractivity contribution in [1.82, 2.24) is 0 Å². The lowest BCUT2D eigenvalue weighted by molar-refractivity contribution is -0.870. The van der Waals surface area contributed by atoms with Gasteiger partial charge in [0, 0.05) is 13.0 Å². The second-order valence-electron chi connectivity index (χ2n) is 15.7. The Hall–Kier alpha value is -1.54. The average Bonchev–Trinajstić information content (AvgIpc) is 3.12. The van der Waals surface area contributed by atoms with Crippen molar-refractivity contribution in [3.63, 3.8) is 0 Å². The number of phosphoric ester groups is 1. The van der Waals surface area contributed by atoms with Crippen LogP contribution in [0.25, 0.3) is 0 Å². The van der Waals surface area contributed by atoms with Crippen LogP contribution in [0, 0.1) is 0 Å². The molecule has 0 aliphatic rings. The summed E-state index contributed by atoms with van der Waals surface area (Å²) < 4.78 is 34.6. The van der Waals surface area contributed by atoms with Crippen molar-refractivity contribution in [3.05, 3.63) is 48.6 Å². The summed E-state index contributed by atoms with van der Waals surface area (Å²) in [5.74, 6) is -0.354. The van der Waals surface area contributed by atoms with Gasteiger partial charge in [0.1, 0.15) is 19.3 Å². The third-order valence-corrected chi connectivity index (χ3v) is 10.1. The number of unbranched alkanes of at least 4 members (excludes halogenated alkanes) is 18. The number of rotatable bonds is 40. The van der Waals surface area contributed by atoms with E-state index in [2.05, 4.69) is 62.5 Å². The first-order valence-electron chi connectivity index (χ1n) is 21.9. The number of allylic oxidation sites excluding steroid dienone is 8. The van der Waals surface area contributed by atoms with E-state index >= 15 is 0 Å². The highest BCUT2D eigenvalue weighted by Gasteiger charge is 2.20. The molecule has 0 aromatic carbocycles. The minimum Gasteiger partial charge on any atom is -0.756 e. The number of carbonyl (C=O) groups is 1. The Morgan fingerprint density at radius 2 is 1.07 bits per heavy atom. The minimum atomic E-state index is -4.53. The van der Waals surface area contributed by atoms with E-state index in [4.69, 9.17) is 18.5 Å². The van der Waals surface area contributed by atoms with Gasteiger partial charge in [0.25, 0.3) is 7.82 Å². The van der Waals surface area contributed by atoms with E-state index in [0.717, 1.165) is 70.6 Å². The molecule has 0 heterocycles. The first-order chi connectivity index (χ1) is 26.1. The molecule has 0 spiro atoms. The van der Waals surface area contributed by atoms with Crippen molar-refractivity contribution in [2.24, 2.45) is 0 Å². The monoisotopic (exact) mass is 782 g/mol. The van der Waals surface area contributed by atoms with Crippen molar-refractivity contribution in [1.29, 1.82) is 0 Å². The molecule has 0 N–H and O–H groups in total. The summed E-state index contributed by atoms with van der Waals surface area (Å²) in [4.78, 5) is 25.0. The highest BCUT2D eigenvalue weighted by atomic mass is 31.2. The third kappa shape index (κ3) is 41.6. The first kappa shape index (κ1) is 52.5. The predicted molar refractivity (Wildman–Crippen MR) is 226 cm³/mol. The van der Waals surface area contributed by atoms with Crippen LogP contribution in [-0.2, 0) is 27.9 Å². The normalized spacial score (nSPS) is 14.3. The fourth-order valence-electron chi connectivity index (χ4n) is 5.73. The molecule has 9 heteroatoms. The topological polar surface area (TPSA) is 94.1 Å². The zero-order chi connectivity index (χ0) is 39.9. The lowest BCUT2D eigenvalue weighted by atomic mass is 10.1. The Labute approximate surface area is 333 Å². The third-order valence-electron chi connectivity index (χ3n) is 9.11. The van der Waals surface area contributed by atoms with Gasteiger partial charge >= 0.3 is 5.97 Å². The average molecular weight is 782 g/mol. The summed E-state index contributed by atoms with van der Waals surface area (Å²) in [6.07, 6.45) is 45.5. The second-order valence-corrected chi connectivity index (χ2v) is 17.1. The van der Waals surface area contributed by atoms with Crippen LogP contribution in [0.15, 0.2) is 48.6 Å². The molecule has 0 bridgehead atoms. The van der Waals surface area contributed by atoms with E-state index in [1.807, 2.05) is 21.1 Å². The highest BCUT2D eigenvalue weighted by molar-refractivity contribution is 7.45. The van der Waals surface area contributed by atoms with E-state index in [1.54, 1.807) is 0 Å². The Morgan fingerprint density at radius 3 is 1.63 bits per heavy atom. The Morgan fingerprint density at radius 1 is 0.593 bits per heavy atom. The maximum absolute atomic E-state index is 12.7. The lowest BCUT2D eigenvalue weighted by Gasteiger charge is -2.28. The fraction of sp³-hybridized carbons (Fsp3) is 0.800. The van der Waals surface area contributed by atoms with Crippen LogP contribution < -0.4 is 4.89 Å². The van der Waals surface area contributed by atoms with Gasteiger partial charge in [0.05, 0.1) is 34.4 Å². The van der Waals surface area contributed by atoms with Crippen molar-refractivity contribution in [3.8, 4) is 0 Å². The SMILES string of the molecule is CC/C=C\C/C=C\C/C=C\CCCCCCCC(=O)OC(COCCCCCCCC/C=C\CCCCCCCCC)COP(=O)([O-])OCC[N+](C)(C)C. The molecule has 0 fully saturated rings. The fourth-order valence-corrected chi connectivity index (χ4v) is 6.46. The smallest absolute Gasteiger partial charge is 0.306 e. The van der Waals surface area contributed by atoms with E-state index in [1.165, 1.54) is 83.5 Å². The van der Waals surface area contributed by atoms with Gasteiger partial charge in [-0.25, -0.2) is 0 Å². The number of phosphoric acid groups is 1. The van der Waals surface area contributed by atoms with Gasteiger partial charge < -0.3 is 27.9 Å². The number of carbonyl (C=O) groups excluding carboxylic acids is 1. The molecule has 54 heavy (non-hydrogen) atoms. The van der Waals surface area contributed by atoms with Crippen LogP contribution in [0.5, 0.6) is 0 Å². The largest absolute Gasteiger partial charge is 0.756 e. The van der Waals surface area contributed by atoms with Gasteiger partial charge in [0.2, 0.25) is 0 Å². The summed E-state index contributed by atoms with van der Waals surface area (Å²) in [5, 5.41) is 0. The predicted octanol–water partition coefficient (Wildman–Crippen LogP) is 12.1. The summed E-state index contributed by atoms with van der Waals surface area (Å²) in [7, 11) is 1.34. The number of hydrogen-bond donors (Lipinski definition) is 0. The number of nitrogens with zero attached hydrogens (tertiary/aromatic N) is 1. The molecule has 0 amide bonds. The molecule has 0 saturated heterocycles. The molecule has 316 valence electrons. The Bertz CT molecular complexity index is 1000. The molecule has 0 aromatic heterocycles.